The summed E-state index contributed by atoms with van der Waals surface area (Å²) in [6, 6.07) is 3.20. The Hall–Kier alpha value is -1.56. The summed E-state index contributed by atoms with van der Waals surface area (Å²) in [5.41, 5.74) is 1.90. The van der Waals surface area contributed by atoms with E-state index in [0.29, 0.717) is 4.67 Å². The van der Waals surface area contributed by atoms with Crippen LogP contribution in [-0.2, 0) is 7.05 Å². The summed E-state index contributed by atoms with van der Waals surface area (Å²) in [5.74, 6) is 0.0479. The number of amides is 1. The number of carbonyl (C=O) groups excluding carboxylic acids is 1. The zero-order valence-electron chi connectivity index (χ0n) is 10.4. The minimum Gasteiger partial charge on any atom is -0.444 e. The van der Waals surface area contributed by atoms with Gasteiger partial charge in [-0.2, -0.15) is 5.10 Å². The molecule has 0 radical (unpaired) electrons. The average Bonchev–Trinajstić information content (AvgIpc) is 2.84. The van der Waals surface area contributed by atoms with Crippen LogP contribution in [0, 0.1) is 6.92 Å². The van der Waals surface area contributed by atoms with Gasteiger partial charge in [-0.15, -0.1) is 0 Å². The first-order valence-corrected chi connectivity index (χ1v) is 6.33. The molecule has 0 aliphatic carbocycles. The average molecular weight is 312 g/mol. The number of nitrogens with one attached hydrogen (secondary N) is 1. The van der Waals surface area contributed by atoms with E-state index < -0.39 is 0 Å². The predicted octanol–water partition coefficient (Wildman–Crippen LogP) is 2.58. The Morgan fingerprint density at radius 3 is 2.78 bits per heavy atom. The van der Waals surface area contributed by atoms with Crippen LogP contribution in [0.25, 0.3) is 0 Å². The lowest BCUT2D eigenvalue weighted by Crippen LogP contribution is -2.26. The number of halogens is 1. The summed E-state index contributed by atoms with van der Waals surface area (Å²) < 4.78 is 7.47. The first-order valence-electron chi connectivity index (χ1n) is 5.53. The highest BCUT2D eigenvalue weighted by atomic mass is 79.9. The van der Waals surface area contributed by atoms with Crippen LogP contribution in [0.1, 0.15) is 34.8 Å². The topological polar surface area (TPSA) is 60.1 Å². The molecule has 0 spiro atoms. The van der Waals surface area contributed by atoms with Crippen LogP contribution in [0.4, 0.5) is 0 Å². The second-order valence-electron chi connectivity index (χ2n) is 4.14. The first-order chi connectivity index (χ1) is 8.47. The van der Waals surface area contributed by atoms with E-state index in [4.69, 9.17) is 4.42 Å². The van der Waals surface area contributed by atoms with Gasteiger partial charge in [-0.05, 0) is 41.9 Å². The minimum absolute atomic E-state index is 0.116. The van der Waals surface area contributed by atoms with Gasteiger partial charge in [-0.25, -0.2) is 0 Å². The van der Waals surface area contributed by atoms with Gasteiger partial charge in [0.1, 0.15) is 0 Å². The van der Waals surface area contributed by atoms with E-state index in [1.54, 1.807) is 16.8 Å². The van der Waals surface area contributed by atoms with Crippen LogP contribution in [0.3, 0.4) is 0 Å². The Bertz CT molecular complexity index is 574. The Labute approximate surface area is 113 Å². The van der Waals surface area contributed by atoms with Crippen molar-refractivity contribution in [3.8, 4) is 0 Å². The molecule has 0 fully saturated rings. The molecular formula is C12H14BrN3O2. The zero-order valence-corrected chi connectivity index (χ0v) is 12.0. The van der Waals surface area contributed by atoms with Gasteiger partial charge in [-0.1, -0.05) is 0 Å². The lowest BCUT2D eigenvalue weighted by Gasteiger charge is -2.11. The Morgan fingerprint density at radius 2 is 2.28 bits per heavy atom. The van der Waals surface area contributed by atoms with Crippen molar-refractivity contribution in [3.63, 3.8) is 0 Å². The van der Waals surface area contributed by atoms with Crippen molar-refractivity contribution in [2.24, 2.45) is 7.05 Å². The Kier molecular flexibility index (Phi) is 3.56. The lowest BCUT2D eigenvalue weighted by atomic mass is 10.1. The van der Waals surface area contributed by atoms with Gasteiger partial charge in [0.2, 0.25) is 0 Å². The molecule has 0 aliphatic rings. The molecule has 0 aromatic carbocycles. The van der Waals surface area contributed by atoms with Gasteiger partial charge in [-0.3, -0.25) is 9.48 Å². The van der Waals surface area contributed by atoms with Crippen LogP contribution in [-0.4, -0.2) is 15.7 Å². The summed E-state index contributed by atoms with van der Waals surface area (Å²) in [7, 11) is 1.86. The second kappa shape index (κ2) is 4.97. The monoisotopic (exact) mass is 311 g/mol. The molecule has 2 aromatic heterocycles. The van der Waals surface area contributed by atoms with Gasteiger partial charge in [0.25, 0.3) is 5.91 Å². The second-order valence-corrected chi connectivity index (χ2v) is 4.92. The van der Waals surface area contributed by atoms with Gasteiger partial charge in [0.05, 0.1) is 11.7 Å². The molecule has 0 aliphatic heterocycles. The van der Waals surface area contributed by atoms with E-state index in [1.807, 2.05) is 27.1 Å². The molecule has 0 bridgehead atoms. The molecule has 96 valence electrons. The number of hydrogen-bond acceptors (Lipinski definition) is 3. The number of nitrogens with zero attached hydrogens (tertiary/aromatic N) is 2. The molecular weight excluding hydrogens is 298 g/mol. The van der Waals surface area contributed by atoms with Crippen molar-refractivity contribution < 1.29 is 9.21 Å². The largest absolute Gasteiger partial charge is 0.444 e. The van der Waals surface area contributed by atoms with E-state index in [2.05, 4.69) is 26.3 Å². The molecule has 1 N–H and O–H groups in total. The summed E-state index contributed by atoms with van der Waals surface area (Å²) in [4.78, 5) is 11.9. The Balaban J connectivity index is 2.10. The molecule has 1 unspecified atom stereocenters. The quantitative estimate of drug-likeness (QED) is 0.947. The maximum atomic E-state index is 11.9. The third-order valence-electron chi connectivity index (χ3n) is 2.66. The summed E-state index contributed by atoms with van der Waals surface area (Å²) in [6.07, 6.45) is 1.90. The fourth-order valence-electron chi connectivity index (χ4n) is 1.82. The fraction of sp³-hybridized carbons (Fsp3) is 0.333. The zero-order chi connectivity index (χ0) is 13.3. The van der Waals surface area contributed by atoms with Crippen molar-refractivity contribution in [1.29, 1.82) is 0 Å². The number of rotatable bonds is 3. The van der Waals surface area contributed by atoms with Crippen LogP contribution in [0.5, 0.6) is 0 Å². The van der Waals surface area contributed by atoms with Gasteiger partial charge >= 0.3 is 0 Å². The molecule has 1 amide bonds. The van der Waals surface area contributed by atoms with E-state index in [1.165, 1.54) is 0 Å². The molecule has 0 saturated carbocycles. The molecule has 6 heteroatoms. The molecule has 18 heavy (non-hydrogen) atoms. The number of hydrogen-bond donors (Lipinski definition) is 1. The van der Waals surface area contributed by atoms with Crippen molar-refractivity contribution >= 4 is 21.8 Å². The van der Waals surface area contributed by atoms with Gasteiger partial charge < -0.3 is 9.73 Å². The molecule has 2 rings (SSSR count). The van der Waals surface area contributed by atoms with Crippen molar-refractivity contribution in [3.05, 3.63) is 40.0 Å². The third-order valence-corrected chi connectivity index (χ3v) is 3.09. The molecule has 2 heterocycles. The van der Waals surface area contributed by atoms with Crippen LogP contribution in [0.15, 0.2) is 27.4 Å². The summed E-state index contributed by atoms with van der Waals surface area (Å²) >= 11 is 3.17. The standard InChI is InChI=1S/C12H14BrN3O2/c1-7(9-6-16(3)15-8(9)2)14-12(17)10-4-5-11(13)18-10/h4-7H,1-3H3,(H,14,17). The smallest absolute Gasteiger partial charge is 0.287 e. The van der Waals surface area contributed by atoms with Crippen molar-refractivity contribution in [2.75, 3.05) is 0 Å². The van der Waals surface area contributed by atoms with E-state index >= 15 is 0 Å². The highest BCUT2D eigenvalue weighted by Crippen LogP contribution is 2.18. The SMILES string of the molecule is Cc1nn(C)cc1C(C)NC(=O)c1ccc(Br)o1. The summed E-state index contributed by atoms with van der Waals surface area (Å²) in [5, 5.41) is 7.12. The van der Waals surface area contributed by atoms with Gasteiger partial charge in [0, 0.05) is 18.8 Å². The Morgan fingerprint density at radius 1 is 1.56 bits per heavy atom. The highest BCUT2D eigenvalue weighted by Gasteiger charge is 2.17. The number of furan rings is 1. The molecule has 2 aromatic rings. The maximum absolute atomic E-state index is 11.9. The number of aryl methyl sites for hydroxylation is 2. The third kappa shape index (κ3) is 2.64. The molecule has 5 nitrogen and oxygen atoms in total. The van der Waals surface area contributed by atoms with Crippen LogP contribution in [0.2, 0.25) is 0 Å². The predicted molar refractivity (Wildman–Crippen MR) is 70.2 cm³/mol. The van der Waals surface area contributed by atoms with Gasteiger partial charge in [0.15, 0.2) is 10.4 Å². The van der Waals surface area contributed by atoms with Crippen LogP contribution >= 0.6 is 15.9 Å². The molecule has 1 atom stereocenters. The first kappa shape index (κ1) is 12.9. The fourth-order valence-corrected chi connectivity index (χ4v) is 2.13. The van der Waals surface area contributed by atoms with Crippen molar-refractivity contribution in [1.82, 2.24) is 15.1 Å². The number of carbonyl (C=O) groups is 1. The highest BCUT2D eigenvalue weighted by molar-refractivity contribution is 9.10. The van der Waals surface area contributed by atoms with E-state index in [9.17, 15) is 4.79 Å². The normalized spacial score (nSPS) is 12.4. The molecule has 0 saturated heterocycles. The van der Waals surface area contributed by atoms with Crippen molar-refractivity contribution in [2.45, 2.75) is 19.9 Å². The summed E-state index contributed by atoms with van der Waals surface area (Å²) in [6.45, 7) is 3.83. The maximum Gasteiger partial charge on any atom is 0.287 e. The number of aromatic nitrogens is 2. The van der Waals surface area contributed by atoms with Crippen LogP contribution < -0.4 is 5.32 Å². The van der Waals surface area contributed by atoms with E-state index in [-0.39, 0.29) is 17.7 Å². The minimum atomic E-state index is -0.239. The van der Waals surface area contributed by atoms with E-state index in [0.717, 1.165) is 11.3 Å². The lowest BCUT2D eigenvalue weighted by molar-refractivity contribution is 0.0910.